The van der Waals surface area contributed by atoms with E-state index in [1.54, 1.807) is 18.7 Å². The van der Waals surface area contributed by atoms with Crippen LogP contribution in [-0.2, 0) is 4.79 Å². The quantitative estimate of drug-likeness (QED) is 0.707. The Labute approximate surface area is 134 Å². The van der Waals surface area contributed by atoms with Crippen molar-refractivity contribution < 1.29 is 9.90 Å². The molecule has 1 aromatic heterocycles. The summed E-state index contributed by atoms with van der Waals surface area (Å²) in [6.07, 6.45) is 0.516. The molecule has 0 fully saturated rings. The van der Waals surface area contributed by atoms with Gasteiger partial charge in [0.25, 0.3) is 0 Å². The zero-order valence-electron chi connectivity index (χ0n) is 13.4. The zero-order chi connectivity index (χ0) is 16.2. The highest BCUT2D eigenvalue weighted by atomic mass is 32.2. The van der Waals surface area contributed by atoms with Gasteiger partial charge < -0.3 is 10.0 Å². The molecular weight excluding hydrogens is 308 g/mol. The normalized spacial score (nSPS) is 15.8. The van der Waals surface area contributed by atoms with E-state index >= 15 is 0 Å². The maximum atomic E-state index is 11.5. The first-order valence-electron chi connectivity index (χ1n) is 6.82. The molecule has 8 heteroatoms. The van der Waals surface area contributed by atoms with E-state index in [0.29, 0.717) is 6.42 Å². The van der Waals surface area contributed by atoms with Crippen LogP contribution in [0.1, 0.15) is 34.1 Å². The molecule has 0 aromatic carbocycles. The molecule has 0 aliphatic carbocycles. The fourth-order valence-corrected chi connectivity index (χ4v) is 4.32. The number of carbonyl (C=O) groups is 1. The predicted molar refractivity (Wildman–Crippen MR) is 88.5 cm³/mol. The van der Waals surface area contributed by atoms with Crippen molar-refractivity contribution in [2.24, 2.45) is 0 Å². The first-order valence-corrected chi connectivity index (χ1v) is 8.52. The Kier molecular flexibility index (Phi) is 6.42. The molecule has 0 spiro atoms. The van der Waals surface area contributed by atoms with Crippen molar-refractivity contribution in [3.8, 4) is 0 Å². The highest BCUT2D eigenvalue weighted by Crippen LogP contribution is 2.33. The summed E-state index contributed by atoms with van der Waals surface area (Å²) in [4.78, 5) is 13.4. The van der Waals surface area contributed by atoms with Crippen molar-refractivity contribution in [2.75, 3.05) is 19.0 Å². The van der Waals surface area contributed by atoms with Crippen molar-refractivity contribution >= 4 is 34.2 Å². The van der Waals surface area contributed by atoms with Crippen LogP contribution >= 0.6 is 23.1 Å². The molecule has 1 aromatic rings. The topological polar surface area (TPSA) is 78.4 Å². The molecule has 0 saturated heterocycles. The van der Waals surface area contributed by atoms with Crippen LogP contribution in [0.3, 0.4) is 0 Å². The van der Waals surface area contributed by atoms with Crippen LogP contribution in [-0.4, -0.2) is 52.2 Å². The number of hydrogen-bond acceptors (Lipinski definition) is 7. The van der Waals surface area contributed by atoms with E-state index in [1.807, 2.05) is 39.8 Å². The van der Waals surface area contributed by atoms with Crippen molar-refractivity contribution in [3.05, 3.63) is 0 Å². The van der Waals surface area contributed by atoms with Crippen molar-refractivity contribution in [2.45, 2.75) is 55.3 Å². The van der Waals surface area contributed by atoms with Gasteiger partial charge in [-0.15, -0.1) is 10.2 Å². The Morgan fingerprint density at radius 3 is 2.48 bits per heavy atom. The summed E-state index contributed by atoms with van der Waals surface area (Å²) in [5.41, 5.74) is -0.935. The van der Waals surface area contributed by atoms with E-state index in [9.17, 15) is 9.90 Å². The first-order chi connectivity index (χ1) is 9.64. The van der Waals surface area contributed by atoms with Gasteiger partial charge >= 0.3 is 5.97 Å². The van der Waals surface area contributed by atoms with Crippen LogP contribution < -0.4 is 10.2 Å². The molecule has 0 radical (unpaired) electrons. The van der Waals surface area contributed by atoms with Crippen LogP contribution in [0.2, 0.25) is 0 Å². The number of rotatable bonds is 8. The lowest BCUT2D eigenvalue weighted by Crippen LogP contribution is -2.53. The SMILES string of the molecule is CC(C)NC(C)(CC(C)Sc1nnc(N(C)C)s1)C(=O)O. The molecule has 0 amide bonds. The standard InChI is InChI=1S/C13H24N4O2S2/c1-8(2)14-13(4,10(18)19)7-9(3)20-12-16-15-11(21-12)17(5)6/h8-9,14H,7H2,1-6H3,(H,18,19). The van der Waals surface area contributed by atoms with Gasteiger partial charge in [-0.1, -0.05) is 30.0 Å². The molecule has 0 saturated carbocycles. The lowest BCUT2D eigenvalue weighted by Gasteiger charge is -2.30. The minimum Gasteiger partial charge on any atom is -0.480 e. The Bertz CT molecular complexity index is 478. The third kappa shape index (κ3) is 5.44. The number of anilines is 1. The summed E-state index contributed by atoms with van der Waals surface area (Å²) in [7, 11) is 3.85. The van der Waals surface area contributed by atoms with E-state index in [4.69, 9.17) is 0 Å². The molecule has 120 valence electrons. The molecule has 2 N–H and O–H groups in total. The van der Waals surface area contributed by atoms with E-state index in [2.05, 4.69) is 15.5 Å². The Balaban J connectivity index is 2.69. The predicted octanol–water partition coefficient (Wildman–Crippen LogP) is 2.32. The van der Waals surface area contributed by atoms with Gasteiger partial charge in [-0.05, 0) is 27.2 Å². The van der Waals surface area contributed by atoms with Gasteiger partial charge in [0.1, 0.15) is 5.54 Å². The van der Waals surface area contributed by atoms with Crippen molar-refractivity contribution in [1.82, 2.24) is 15.5 Å². The number of aliphatic carboxylic acids is 1. The Morgan fingerprint density at radius 1 is 1.43 bits per heavy atom. The maximum absolute atomic E-state index is 11.5. The largest absolute Gasteiger partial charge is 0.480 e. The average Bonchev–Trinajstić information content (AvgIpc) is 2.75. The van der Waals surface area contributed by atoms with E-state index < -0.39 is 11.5 Å². The molecule has 0 bridgehead atoms. The summed E-state index contributed by atoms with van der Waals surface area (Å²) in [5, 5.41) is 21.8. The van der Waals surface area contributed by atoms with Gasteiger partial charge in [-0.2, -0.15) is 0 Å². The van der Waals surface area contributed by atoms with Crippen molar-refractivity contribution in [1.29, 1.82) is 0 Å². The number of nitrogens with one attached hydrogen (secondary N) is 1. The number of aromatic nitrogens is 2. The highest BCUT2D eigenvalue weighted by molar-refractivity contribution is 8.01. The van der Waals surface area contributed by atoms with Crippen LogP contribution in [0.25, 0.3) is 0 Å². The lowest BCUT2D eigenvalue weighted by molar-refractivity contribution is -0.144. The Hall–Kier alpha value is -0.860. The number of thioether (sulfide) groups is 1. The second kappa shape index (κ2) is 7.42. The molecule has 2 atom stereocenters. The molecule has 1 rings (SSSR count). The molecule has 6 nitrogen and oxygen atoms in total. The number of carboxylic acids is 1. The van der Waals surface area contributed by atoms with Crippen LogP contribution in [0.4, 0.5) is 5.13 Å². The highest BCUT2D eigenvalue weighted by Gasteiger charge is 2.35. The van der Waals surface area contributed by atoms with Crippen LogP contribution in [0.15, 0.2) is 4.34 Å². The molecule has 0 aliphatic rings. The third-order valence-corrected chi connectivity index (χ3v) is 5.13. The lowest BCUT2D eigenvalue weighted by atomic mass is 9.95. The number of nitrogens with zero attached hydrogens (tertiary/aromatic N) is 3. The molecular formula is C13H24N4O2S2. The van der Waals surface area contributed by atoms with E-state index in [-0.39, 0.29) is 11.3 Å². The maximum Gasteiger partial charge on any atom is 0.323 e. The smallest absolute Gasteiger partial charge is 0.323 e. The summed E-state index contributed by atoms with van der Waals surface area (Å²) in [6, 6.07) is 0.116. The van der Waals surface area contributed by atoms with Gasteiger partial charge in [0.05, 0.1) is 0 Å². The number of hydrogen-bond donors (Lipinski definition) is 2. The van der Waals surface area contributed by atoms with Crippen LogP contribution in [0, 0.1) is 0 Å². The summed E-state index contributed by atoms with van der Waals surface area (Å²) >= 11 is 3.08. The molecule has 1 heterocycles. The fourth-order valence-electron chi connectivity index (χ4n) is 2.06. The zero-order valence-corrected chi connectivity index (χ0v) is 15.0. The molecule has 21 heavy (non-hydrogen) atoms. The van der Waals surface area contributed by atoms with Gasteiger partial charge in [-0.25, -0.2) is 0 Å². The average molecular weight is 332 g/mol. The third-order valence-electron chi connectivity index (χ3n) is 2.86. The minimum atomic E-state index is -0.935. The van der Waals surface area contributed by atoms with Gasteiger partial charge in [0.2, 0.25) is 5.13 Å². The van der Waals surface area contributed by atoms with Gasteiger partial charge in [0.15, 0.2) is 4.34 Å². The second-order valence-corrected chi connectivity index (χ2v) is 8.46. The summed E-state index contributed by atoms with van der Waals surface area (Å²) < 4.78 is 0.864. The Morgan fingerprint density at radius 2 is 2.05 bits per heavy atom. The van der Waals surface area contributed by atoms with Crippen LogP contribution in [0.5, 0.6) is 0 Å². The first kappa shape index (κ1) is 18.2. The molecule has 2 unspecified atom stereocenters. The summed E-state index contributed by atoms with van der Waals surface area (Å²) in [6.45, 7) is 7.66. The number of carboxylic acid groups (broad SMARTS) is 1. The fraction of sp³-hybridized carbons (Fsp3) is 0.769. The van der Waals surface area contributed by atoms with Gasteiger partial charge in [0, 0.05) is 25.4 Å². The monoisotopic (exact) mass is 332 g/mol. The van der Waals surface area contributed by atoms with E-state index in [1.165, 1.54) is 11.3 Å². The van der Waals surface area contributed by atoms with Gasteiger partial charge in [-0.3, -0.25) is 10.1 Å². The minimum absolute atomic E-state index is 0.116. The summed E-state index contributed by atoms with van der Waals surface area (Å²) in [5.74, 6) is -0.824. The second-order valence-electron chi connectivity index (χ2n) is 5.81. The van der Waals surface area contributed by atoms with E-state index in [0.717, 1.165) is 9.47 Å². The molecule has 0 aliphatic heterocycles. The van der Waals surface area contributed by atoms with Crippen molar-refractivity contribution in [3.63, 3.8) is 0 Å².